The van der Waals surface area contributed by atoms with Crippen molar-refractivity contribution in [2.45, 2.75) is 31.9 Å². The molecule has 1 aromatic carbocycles. The van der Waals surface area contributed by atoms with Gasteiger partial charge in [0, 0.05) is 50.7 Å². The van der Waals surface area contributed by atoms with Crippen LogP contribution in [0.1, 0.15) is 36.5 Å². The van der Waals surface area contributed by atoms with Gasteiger partial charge in [-0.2, -0.15) is 0 Å². The van der Waals surface area contributed by atoms with Gasteiger partial charge in [-0.3, -0.25) is 4.90 Å². The number of hydrogen-bond donors (Lipinski definition) is 0. The minimum atomic E-state index is 0.156. The molecule has 0 spiro atoms. The molecule has 0 N–H and O–H groups in total. The fourth-order valence-corrected chi connectivity index (χ4v) is 3.66. The Morgan fingerprint density at radius 1 is 0.960 bits per heavy atom. The maximum absolute atomic E-state index is 5.95. The van der Waals surface area contributed by atoms with Gasteiger partial charge in [0.05, 0.1) is 12.7 Å². The van der Waals surface area contributed by atoms with Crippen LogP contribution in [0, 0.1) is 0 Å². The molecule has 5 nitrogen and oxygen atoms in total. The SMILES string of the molecule is c1ccc([C@@H]2CN(Cc3cnc(N4CCCCC4)nc3)CCO2)cc1. The highest BCUT2D eigenvalue weighted by Gasteiger charge is 2.22. The first-order chi connectivity index (χ1) is 12.4. The quantitative estimate of drug-likeness (QED) is 0.857. The van der Waals surface area contributed by atoms with E-state index in [4.69, 9.17) is 4.74 Å². The van der Waals surface area contributed by atoms with Crippen LogP contribution in [-0.4, -0.2) is 47.7 Å². The fourth-order valence-electron chi connectivity index (χ4n) is 3.66. The van der Waals surface area contributed by atoms with Crippen LogP contribution in [0.25, 0.3) is 0 Å². The van der Waals surface area contributed by atoms with Crippen molar-refractivity contribution in [3.05, 3.63) is 53.9 Å². The third-order valence-corrected chi connectivity index (χ3v) is 5.06. The average Bonchev–Trinajstić information content (AvgIpc) is 2.70. The summed E-state index contributed by atoms with van der Waals surface area (Å²) in [6.45, 7) is 5.69. The van der Waals surface area contributed by atoms with Crippen molar-refractivity contribution in [2.24, 2.45) is 0 Å². The van der Waals surface area contributed by atoms with Crippen molar-refractivity contribution < 1.29 is 4.74 Å². The zero-order valence-electron chi connectivity index (χ0n) is 14.7. The van der Waals surface area contributed by atoms with E-state index < -0.39 is 0 Å². The molecular weight excluding hydrogens is 312 g/mol. The molecule has 1 aromatic heterocycles. The van der Waals surface area contributed by atoms with Gasteiger partial charge >= 0.3 is 0 Å². The Kier molecular flexibility index (Phi) is 5.23. The van der Waals surface area contributed by atoms with Crippen molar-refractivity contribution in [3.8, 4) is 0 Å². The smallest absolute Gasteiger partial charge is 0.225 e. The molecule has 2 aliphatic rings. The van der Waals surface area contributed by atoms with Crippen molar-refractivity contribution in [1.82, 2.24) is 14.9 Å². The highest BCUT2D eigenvalue weighted by atomic mass is 16.5. The first kappa shape index (κ1) is 16.5. The Morgan fingerprint density at radius 3 is 2.48 bits per heavy atom. The predicted molar refractivity (Wildman–Crippen MR) is 98.5 cm³/mol. The fraction of sp³-hybridized carbons (Fsp3) is 0.500. The van der Waals surface area contributed by atoms with Gasteiger partial charge in [0.25, 0.3) is 0 Å². The van der Waals surface area contributed by atoms with Crippen LogP contribution >= 0.6 is 0 Å². The van der Waals surface area contributed by atoms with Gasteiger partial charge in [0.15, 0.2) is 0 Å². The zero-order chi connectivity index (χ0) is 16.9. The number of rotatable bonds is 4. The van der Waals surface area contributed by atoms with Gasteiger partial charge < -0.3 is 9.64 Å². The van der Waals surface area contributed by atoms with Crippen molar-refractivity contribution in [3.63, 3.8) is 0 Å². The topological polar surface area (TPSA) is 41.5 Å². The van der Waals surface area contributed by atoms with Crippen molar-refractivity contribution in [1.29, 1.82) is 0 Å². The monoisotopic (exact) mass is 338 g/mol. The van der Waals surface area contributed by atoms with E-state index in [1.807, 2.05) is 18.5 Å². The molecule has 25 heavy (non-hydrogen) atoms. The van der Waals surface area contributed by atoms with Crippen LogP contribution in [0.15, 0.2) is 42.7 Å². The molecular formula is C20H26N4O. The van der Waals surface area contributed by atoms with E-state index in [-0.39, 0.29) is 6.10 Å². The largest absolute Gasteiger partial charge is 0.371 e. The molecule has 0 aliphatic carbocycles. The summed E-state index contributed by atoms with van der Waals surface area (Å²) in [4.78, 5) is 13.9. The summed E-state index contributed by atoms with van der Waals surface area (Å²) in [5.74, 6) is 0.882. The first-order valence-corrected chi connectivity index (χ1v) is 9.33. The highest BCUT2D eigenvalue weighted by Crippen LogP contribution is 2.23. The molecule has 3 heterocycles. The minimum Gasteiger partial charge on any atom is -0.371 e. The van der Waals surface area contributed by atoms with Crippen LogP contribution in [-0.2, 0) is 11.3 Å². The molecule has 1 atom stereocenters. The lowest BCUT2D eigenvalue weighted by molar-refractivity contribution is -0.0329. The molecule has 4 rings (SSSR count). The molecule has 0 amide bonds. The number of hydrogen-bond acceptors (Lipinski definition) is 5. The maximum Gasteiger partial charge on any atom is 0.225 e. The van der Waals surface area contributed by atoms with E-state index in [1.165, 1.54) is 30.4 Å². The summed E-state index contributed by atoms with van der Waals surface area (Å²) in [5.41, 5.74) is 2.43. The van der Waals surface area contributed by atoms with E-state index in [2.05, 4.69) is 44.0 Å². The Labute approximate surface area is 149 Å². The van der Waals surface area contributed by atoms with Crippen LogP contribution in [0.3, 0.4) is 0 Å². The summed E-state index contributed by atoms with van der Waals surface area (Å²) in [7, 11) is 0. The lowest BCUT2D eigenvalue weighted by Crippen LogP contribution is -2.38. The van der Waals surface area contributed by atoms with E-state index in [0.29, 0.717) is 0 Å². The van der Waals surface area contributed by atoms with E-state index in [1.54, 1.807) is 0 Å². The molecule has 2 aliphatic heterocycles. The summed E-state index contributed by atoms with van der Waals surface area (Å²) < 4.78 is 5.95. The second-order valence-corrected chi connectivity index (χ2v) is 6.94. The van der Waals surface area contributed by atoms with Crippen LogP contribution in [0.5, 0.6) is 0 Å². The molecule has 5 heteroatoms. The number of piperidine rings is 1. The Bertz CT molecular complexity index is 655. The minimum absolute atomic E-state index is 0.156. The van der Waals surface area contributed by atoms with Crippen LogP contribution in [0.2, 0.25) is 0 Å². The second kappa shape index (κ2) is 7.93. The first-order valence-electron chi connectivity index (χ1n) is 9.33. The number of aromatic nitrogens is 2. The molecule has 0 unspecified atom stereocenters. The summed E-state index contributed by atoms with van der Waals surface area (Å²) in [6, 6.07) is 10.5. The normalized spacial score (nSPS) is 22.1. The van der Waals surface area contributed by atoms with E-state index in [0.717, 1.165) is 45.3 Å². The number of nitrogens with zero attached hydrogens (tertiary/aromatic N) is 4. The standard InChI is InChI=1S/C20H26N4O/c1-3-7-18(8-4-1)19-16-23(11-12-25-19)15-17-13-21-20(22-14-17)24-9-5-2-6-10-24/h1,3-4,7-8,13-14,19H,2,5-6,9-12,15-16H2/t19-/m0/s1. The number of ether oxygens (including phenoxy) is 1. The maximum atomic E-state index is 5.95. The number of morpholine rings is 1. The van der Waals surface area contributed by atoms with Gasteiger partial charge in [0.1, 0.15) is 0 Å². The van der Waals surface area contributed by atoms with E-state index in [9.17, 15) is 0 Å². The summed E-state index contributed by atoms with van der Waals surface area (Å²) in [5, 5.41) is 0. The molecule has 2 aromatic rings. The number of anilines is 1. The van der Waals surface area contributed by atoms with Crippen molar-refractivity contribution >= 4 is 5.95 Å². The molecule has 0 bridgehead atoms. The number of benzene rings is 1. The van der Waals surface area contributed by atoms with Gasteiger partial charge in [-0.15, -0.1) is 0 Å². The Hall–Kier alpha value is -1.98. The van der Waals surface area contributed by atoms with Gasteiger partial charge in [-0.05, 0) is 24.8 Å². The van der Waals surface area contributed by atoms with Crippen molar-refractivity contribution in [2.75, 3.05) is 37.7 Å². The molecule has 2 fully saturated rings. The summed E-state index contributed by atoms with van der Waals surface area (Å²) in [6.07, 6.45) is 7.96. The third kappa shape index (κ3) is 4.17. The summed E-state index contributed by atoms with van der Waals surface area (Å²) >= 11 is 0. The molecule has 0 saturated carbocycles. The molecule has 132 valence electrons. The molecule has 0 radical (unpaired) electrons. The van der Waals surface area contributed by atoms with Gasteiger partial charge in [0.2, 0.25) is 5.95 Å². The lowest BCUT2D eigenvalue weighted by atomic mass is 10.1. The lowest BCUT2D eigenvalue weighted by Gasteiger charge is -2.33. The van der Waals surface area contributed by atoms with Crippen LogP contribution in [0.4, 0.5) is 5.95 Å². The van der Waals surface area contributed by atoms with Gasteiger partial charge in [-0.1, -0.05) is 30.3 Å². The third-order valence-electron chi connectivity index (χ3n) is 5.06. The Morgan fingerprint density at radius 2 is 1.72 bits per heavy atom. The Balaban J connectivity index is 1.36. The van der Waals surface area contributed by atoms with Crippen LogP contribution < -0.4 is 4.90 Å². The predicted octanol–water partition coefficient (Wildman–Crippen LogP) is 3.04. The highest BCUT2D eigenvalue weighted by molar-refractivity contribution is 5.30. The second-order valence-electron chi connectivity index (χ2n) is 6.94. The van der Waals surface area contributed by atoms with Gasteiger partial charge in [-0.25, -0.2) is 9.97 Å². The average molecular weight is 338 g/mol. The zero-order valence-corrected chi connectivity index (χ0v) is 14.7. The molecule has 2 saturated heterocycles. The van der Waals surface area contributed by atoms with E-state index >= 15 is 0 Å².